The number of Topliss-reactive ketones (excluding diaryl/α,β-unsaturated/α-hetero) is 1. The number of hydrogen-bond acceptors (Lipinski definition) is 5. The van der Waals surface area contributed by atoms with Gasteiger partial charge in [0.25, 0.3) is 0 Å². The van der Waals surface area contributed by atoms with Gasteiger partial charge in [-0.25, -0.2) is 0 Å². The number of esters is 1. The summed E-state index contributed by atoms with van der Waals surface area (Å²) >= 11 is 1.60. The van der Waals surface area contributed by atoms with E-state index in [1.54, 1.807) is 18.0 Å². The van der Waals surface area contributed by atoms with E-state index in [0.717, 1.165) is 53.5 Å². The molecule has 26 heavy (non-hydrogen) atoms. The van der Waals surface area contributed by atoms with Crippen LogP contribution in [0.1, 0.15) is 44.6 Å². The van der Waals surface area contributed by atoms with Crippen molar-refractivity contribution in [1.82, 2.24) is 4.98 Å². The van der Waals surface area contributed by atoms with E-state index < -0.39 is 4.75 Å². The molecule has 1 heterocycles. The van der Waals surface area contributed by atoms with Gasteiger partial charge >= 0.3 is 5.97 Å². The van der Waals surface area contributed by atoms with Gasteiger partial charge in [0.05, 0.1) is 12.1 Å². The van der Waals surface area contributed by atoms with Crippen LogP contribution in [0.4, 0.5) is 0 Å². The van der Waals surface area contributed by atoms with Crippen molar-refractivity contribution in [3.8, 4) is 0 Å². The molecule has 0 atom stereocenters. The highest BCUT2D eigenvalue weighted by Gasteiger charge is 2.46. The van der Waals surface area contributed by atoms with Crippen LogP contribution < -0.4 is 0 Å². The van der Waals surface area contributed by atoms with Crippen LogP contribution in [-0.2, 0) is 20.7 Å². The minimum absolute atomic E-state index is 0.110. The van der Waals surface area contributed by atoms with Gasteiger partial charge < -0.3 is 4.74 Å². The molecular formula is C21H23NO3S. The summed E-state index contributed by atoms with van der Waals surface area (Å²) in [4.78, 5) is 30.1. The molecule has 0 unspecified atom stereocenters. The molecule has 4 nitrogen and oxygen atoms in total. The van der Waals surface area contributed by atoms with Crippen LogP contribution in [0.2, 0.25) is 0 Å². The minimum Gasteiger partial charge on any atom is -0.465 e. The minimum atomic E-state index is -0.468. The molecule has 4 rings (SSSR count). The number of benzene rings is 1. The molecule has 2 aromatic rings. The van der Waals surface area contributed by atoms with Crippen LogP contribution in [0.15, 0.2) is 35.4 Å². The summed E-state index contributed by atoms with van der Waals surface area (Å²) in [6.07, 6.45) is 7.10. The number of nitrogens with zero attached hydrogens (tertiary/aromatic N) is 1. The first-order chi connectivity index (χ1) is 12.6. The number of thioether (sulfide) groups is 1. The van der Waals surface area contributed by atoms with Gasteiger partial charge in [-0.3, -0.25) is 14.6 Å². The Bertz CT molecular complexity index is 855. The Morgan fingerprint density at radius 3 is 2.73 bits per heavy atom. The van der Waals surface area contributed by atoms with Crippen molar-refractivity contribution in [3.63, 3.8) is 0 Å². The number of fused-ring (bicyclic) bond motifs is 1. The van der Waals surface area contributed by atoms with Gasteiger partial charge in [0.1, 0.15) is 10.5 Å². The second-order valence-electron chi connectivity index (χ2n) is 7.25. The molecule has 0 N–H and O–H groups in total. The highest BCUT2D eigenvalue weighted by atomic mass is 32.2. The Morgan fingerprint density at radius 2 is 2.08 bits per heavy atom. The lowest BCUT2D eigenvalue weighted by atomic mass is 9.84. The normalized spacial score (nSPS) is 18.3. The molecule has 0 aliphatic heterocycles. The van der Waals surface area contributed by atoms with Crippen molar-refractivity contribution in [3.05, 3.63) is 36.0 Å². The van der Waals surface area contributed by atoms with E-state index >= 15 is 0 Å². The van der Waals surface area contributed by atoms with Gasteiger partial charge in [-0.1, -0.05) is 6.07 Å². The molecule has 0 saturated heterocycles. The molecule has 2 aliphatic carbocycles. The fourth-order valence-electron chi connectivity index (χ4n) is 3.44. The summed E-state index contributed by atoms with van der Waals surface area (Å²) in [5.74, 6) is 0.501. The average molecular weight is 369 g/mol. The van der Waals surface area contributed by atoms with Crippen LogP contribution >= 0.6 is 11.8 Å². The average Bonchev–Trinajstić information content (AvgIpc) is 3.43. The second-order valence-corrected chi connectivity index (χ2v) is 8.67. The summed E-state index contributed by atoms with van der Waals surface area (Å²) in [6.45, 7) is 2.26. The molecular weight excluding hydrogens is 346 g/mol. The molecule has 0 radical (unpaired) electrons. The number of hydrogen-bond donors (Lipinski definition) is 0. The zero-order valence-corrected chi connectivity index (χ0v) is 15.8. The number of aromatic nitrogens is 1. The van der Waals surface area contributed by atoms with Gasteiger partial charge in [0.15, 0.2) is 0 Å². The SMILES string of the molecule is CCOC(=O)C1(Sc2ccnc3ccc(CC(=O)C4CC4)cc23)CCC1. The van der Waals surface area contributed by atoms with E-state index in [1.807, 2.05) is 25.1 Å². The zero-order valence-electron chi connectivity index (χ0n) is 15.0. The fraction of sp³-hybridized carbons (Fsp3) is 0.476. The Labute approximate surface area is 157 Å². The van der Waals surface area contributed by atoms with E-state index in [2.05, 4.69) is 11.1 Å². The predicted octanol–water partition coefficient (Wildman–Crippen LogP) is 4.33. The first-order valence-electron chi connectivity index (χ1n) is 9.38. The van der Waals surface area contributed by atoms with Crippen molar-refractivity contribution in [2.75, 3.05) is 6.61 Å². The van der Waals surface area contributed by atoms with E-state index in [4.69, 9.17) is 4.74 Å². The molecule has 2 saturated carbocycles. The largest absolute Gasteiger partial charge is 0.465 e. The molecule has 1 aromatic carbocycles. The predicted molar refractivity (Wildman–Crippen MR) is 102 cm³/mol. The second kappa shape index (κ2) is 7.03. The quantitative estimate of drug-likeness (QED) is 0.680. The van der Waals surface area contributed by atoms with Gasteiger partial charge in [0.2, 0.25) is 0 Å². The molecule has 0 spiro atoms. The highest BCUT2D eigenvalue weighted by Crippen LogP contribution is 2.49. The summed E-state index contributed by atoms with van der Waals surface area (Å²) in [5.41, 5.74) is 1.93. The first-order valence-corrected chi connectivity index (χ1v) is 10.2. The van der Waals surface area contributed by atoms with E-state index in [1.165, 1.54) is 0 Å². The number of ketones is 1. The first kappa shape index (κ1) is 17.5. The Kier molecular flexibility index (Phi) is 4.74. The third-order valence-electron chi connectivity index (χ3n) is 5.29. The van der Waals surface area contributed by atoms with Crippen LogP contribution in [0.5, 0.6) is 0 Å². The smallest absolute Gasteiger partial charge is 0.322 e. The fourth-order valence-corrected chi connectivity index (χ4v) is 4.90. The standard InChI is InChI=1S/C21H23NO3S/c1-2-25-20(24)21(9-3-10-21)26-19-8-11-22-17-7-4-14(12-16(17)19)13-18(23)15-5-6-15/h4,7-8,11-12,15H,2-3,5-6,9-10,13H2,1H3. The van der Waals surface area contributed by atoms with Gasteiger partial charge in [0, 0.05) is 28.8 Å². The van der Waals surface area contributed by atoms with Crippen molar-refractivity contribution in [2.45, 2.75) is 55.1 Å². The summed E-state index contributed by atoms with van der Waals surface area (Å²) in [5, 5.41) is 1.02. The molecule has 2 aliphatic rings. The molecule has 0 bridgehead atoms. The maximum atomic E-state index is 12.5. The maximum absolute atomic E-state index is 12.5. The van der Waals surface area contributed by atoms with Crippen LogP contribution in [0.25, 0.3) is 10.9 Å². The third-order valence-corrected chi connectivity index (χ3v) is 6.83. The monoisotopic (exact) mass is 369 g/mol. The summed E-state index contributed by atoms with van der Waals surface area (Å²) in [6, 6.07) is 8.02. The lowest BCUT2D eigenvalue weighted by Crippen LogP contribution is -2.43. The number of rotatable bonds is 7. The van der Waals surface area contributed by atoms with E-state index in [-0.39, 0.29) is 11.9 Å². The number of pyridine rings is 1. The summed E-state index contributed by atoms with van der Waals surface area (Å²) in [7, 11) is 0. The lowest BCUT2D eigenvalue weighted by molar-refractivity contribution is -0.148. The van der Waals surface area contributed by atoms with Gasteiger partial charge in [-0.15, -0.1) is 11.8 Å². The number of carbonyl (C=O) groups excluding carboxylic acids is 2. The molecule has 2 fully saturated rings. The van der Waals surface area contributed by atoms with Crippen molar-refractivity contribution >= 4 is 34.4 Å². The van der Waals surface area contributed by atoms with Crippen molar-refractivity contribution < 1.29 is 14.3 Å². The highest BCUT2D eigenvalue weighted by molar-refractivity contribution is 8.01. The lowest BCUT2D eigenvalue weighted by Gasteiger charge is -2.38. The molecule has 136 valence electrons. The molecule has 0 amide bonds. The zero-order chi connectivity index (χ0) is 18.1. The third kappa shape index (κ3) is 3.37. The van der Waals surface area contributed by atoms with E-state index in [9.17, 15) is 9.59 Å². The van der Waals surface area contributed by atoms with Crippen LogP contribution in [-0.4, -0.2) is 28.1 Å². The number of ether oxygens (including phenoxy) is 1. The Hall–Kier alpha value is -1.88. The van der Waals surface area contributed by atoms with Crippen molar-refractivity contribution in [2.24, 2.45) is 5.92 Å². The topological polar surface area (TPSA) is 56.3 Å². The van der Waals surface area contributed by atoms with Gasteiger partial charge in [-0.05, 0) is 62.8 Å². The Balaban J connectivity index is 1.63. The van der Waals surface area contributed by atoms with Crippen molar-refractivity contribution in [1.29, 1.82) is 0 Å². The van der Waals surface area contributed by atoms with Crippen LogP contribution in [0, 0.1) is 5.92 Å². The van der Waals surface area contributed by atoms with Gasteiger partial charge in [-0.2, -0.15) is 0 Å². The number of carbonyl (C=O) groups is 2. The summed E-state index contributed by atoms with van der Waals surface area (Å²) < 4.78 is 4.85. The maximum Gasteiger partial charge on any atom is 0.322 e. The molecule has 1 aromatic heterocycles. The van der Waals surface area contributed by atoms with Crippen LogP contribution in [0.3, 0.4) is 0 Å². The van der Waals surface area contributed by atoms with E-state index in [0.29, 0.717) is 18.8 Å². The molecule has 5 heteroatoms. The Morgan fingerprint density at radius 1 is 1.27 bits per heavy atom.